The van der Waals surface area contributed by atoms with Gasteiger partial charge in [-0.15, -0.1) is 5.10 Å². The van der Waals surface area contributed by atoms with E-state index < -0.39 is 12.0 Å². The van der Waals surface area contributed by atoms with Crippen LogP contribution >= 0.6 is 15.9 Å². The van der Waals surface area contributed by atoms with Crippen molar-refractivity contribution in [3.63, 3.8) is 0 Å². The minimum Gasteiger partial charge on any atom is -0.435 e. The molecule has 4 aliphatic rings. The third kappa shape index (κ3) is 3.33. The van der Waals surface area contributed by atoms with Crippen LogP contribution in [0.5, 0.6) is 5.75 Å². The number of carbonyl (C=O) groups excluding carboxylic acids is 1. The van der Waals surface area contributed by atoms with Gasteiger partial charge < -0.3 is 10.1 Å². The fourth-order valence-electron chi connectivity index (χ4n) is 6.20. The van der Waals surface area contributed by atoms with E-state index in [0.717, 1.165) is 32.1 Å². The molecule has 6 nitrogen and oxygen atoms in total. The smallest absolute Gasteiger partial charge is 0.387 e. The molecule has 1 heterocycles. The molecule has 4 saturated carbocycles. The summed E-state index contributed by atoms with van der Waals surface area (Å²) in [5, 5.41) is 7.54. The zero-order valence-electron chi connectivity index (χ0n) is 15.7. The first kappa shape index (κ1) is 19.0. The number of amides is 1. The van der Waals surface area contributed by atoms with E-state index in [4.69, 9.17) is 0 Å². The van der Waals surface area contributed by atoms with Crippen molar-refractivity contribution < 1.29 is 18.3 Å². The average Bonchev–Trinajstić information content (AvgIpc) is 3.09. The number of rotatable bonds is 5. The summed E-state index contributed by atoms with van der Waals surface area (Å²) >= 11 is 3.34. The summed E-state index contributed by atoms with van der Waals surface area (Å²) < 4.78 is 31.6. The molecule has 0 saturated heterocycles. The van der Waals surface area contributed by atoms with E-state index in [2.05, 4.69) is 36.1 Å². The van der Waals surface area contributed by atoms with Gasteiger partial charge in [-0.25, -0.2) is 9.67 Å². The van der Waals surface area contributed by atoms with Crippen LogP contribution < -0.4 is 10.1 Å². The van der Waals surface area contributed by atoms with Gasteiger partial charge in [0.25, 0.3) is 0 Å². The first-order valence-electron chi connectivity index (χ1n) is 9.80. The van der Waals surface area contributed by atoms with Crippen LogP contribution in [0, 0.1) is 17.3 Å². The molecule has 1 amide bonds. The molecule has 0 aliphatic heterocycles. The highest BCUT2D eigenvalue weighted by Gasteiger charge is 2.61. The molecule has 4 bridgehead atoms. The topological polar surface area (TPSA) is 69.0 Å². The van der Waals surface area contributed by atoms with Gasteiger partial charge in [0.05, 0.1) is 11.0 Å². The minimum absolute atomic E-state index is 0.0117. The Labute approximate surface area is 175 Å². The van der Waals surface area contributed by atoms with Gasteiger partial charge >= 0.3 is 6.61 Å². The van der Waals surface area contributed by atoms with Crippen molar-refractivity contribution in [2.45, 2.75) is 50.7 Å². The molecule has 9 heteroatoms. The Morgan fingerprint density at radius 1 is 1.21 bits per heavy atom. The van der Waals surface area contributed by atoms with Crippen molar-refractivity contribution in [1.29, 1.82) is 0 Å². The van der Waals surface area contributed by atoms with Crippen LogP contribution in [0.2, 0.25) is 0 Å². The van der Waals surface area contributed by atoms with Crippen LogP contribution in [0.25, 0.3) is 0 Å². The fourth-order valence-corrected chi connectivity index (χ4v) is 6.47. The molecule has 4 fully saturated rings. The van der Waals surface area contributed by atoms with Crippen LogP contribution in [0.4, 0.5) is 14.5 Å². The molecule has 2 aromatic rings. The van der Waals surface area contributed by atoms with Gasteiger partial charge in [-0.2, -0.15) is 8.78 Å². The second kappa shape index (κ2) is 6.75. The summed E-state index contributed by atoms with van der Waals surface area (Å²) in [6.07, 6.45) is 7.54. The first-order chi connectivity index (χ1) is 13.9. The van der Waals surface area contributed by atoms with Gasteiger partial charge in [0.15, 0.2) is 0 Å². The van der Waals surface area contributed by atoms with Gasteiger partial charge in [-0.1, -0.05) is 0 Å². The Hall–Kier alpha value is -2.03. The number of hydrogen-bond donors (Lipinski definition) is 1. The summed E-state index contributed by atoms with van der Waals surface area (Å²) in [4.78, 5) is 17.6. The molecule has 0 spiro atoms. The summed E-state index contributed by atoms with van der Waals surface area (Å²) in [6.45, 7) is -2.87. The number of hydrogen-bond acceptors (Lipinski definition) is 4. The highest BCUT2D eigenvalue weighted by atomic mass is 79.9. The number of nitrogens with zero attached hydrogens (tertiary/aromatic N) is 3. The van der Waals surface area contributed by atoms with E-state index in [1.807, 2.05) is 4.68 Å². The summed E-state index contributed by atoms with van der Waals surface area (Å²) in [5.41, 5.74) is 0.000638. The maximum absolute atomic E-state index is 13.4. The molecule has 154 valence electrons. The predicted molar refractivity (Wildman–Crippen MR) is 105 cm³/mol. The monoisotopic (exact) mass is 466 g/mol. The molecule has 1 aromatic heterocycles. The quantitative estimate of drug-likeness (QED) is 0.700. The van der Waals surface area contributed by atoms with Crippen molar-refractivity contribution in [3.8, 4) is 5.75 Å². The Kier molecular flexibility index (Phi) is 4.42. The van der Waals surface area contributed by atoms with Gasteiger partial charge in [0.1, 0.15) is 12.1 Å². The fraction of sp³-hybridized carbons (Fsp3) is 0.550. The number of nitrogens with one attached hydrogen (secondary N) is 1. The molecule has 29 heavy (non-hydrogen) atoms. The number of anilines is 1. The van der Waals surface area contributed by atoms with Crippen LogP contribution in [0.3, 0.4) is 0 Å². The Bertz CT molecular complexity index is 919. The van der Waals surface area contributed by atoms with Crippen molar-refractivity contribution in [2.24, 2.45) is 17.3 Å². The van der Waals surface area contributed by atoms with Gasteiger partial charge in [0, 0.05) is 5.69 Å². The lowest BCUT2D eigenvalue weighted by Gasteiger charge is -2.60. The van der Waals surface area contributed by atoms with Crippen LogP contribution in [-0.2, 0) is 10.3 Å². The van der Waals surface area contributed by atoms with E-state index in [1.54, 1.807) is 18.5 Å². The molecular weight excluding hydrogens is 446 g/mol. The third-order valence-corrected chi connectivity index (χ3v) is 7.16. The van der Waals surface area contributed by atoms with Crippen LogP contribution in [0.1, 0.15) is 38.5 Å². The van der Waals surface area contributed by atoms with E-state index in [0.29, 0.717) is 22.3 Å². The van der Waals surface area contributed by atoms with E-state index >= 15 is 0 Å². The lowest BCUT2D eigenvalue weighted by Crippen LogP contribution is -2.60. The molecule has 0 unspecified atom stereocenters. The minimum atomic E-state index is -2.87. The second-order valence-electron chi connectivity index (χ2n) is 8.78. The molecule has 1 N–H and O–H groups in total. The largest absolute Gasteiger partial charge is 0.435 e. The number of ether oxygens (including phenoxy) is 1. The van der Waals surface area contributed by atoms with E-state index in [-0.39, 0.29) is 17.2 Å². The van der Waals surface area contributed by atoms with Gasteiger partial charge in [-0.3, -0.25) is 4.79 Å². The highest BCUT2D eigenvalue weighted by Crippen LogP contribution is 2.64. The standard InChI is InChI=1S/C20H21BrF2N4O2/c21-17-24-11-27(26-17)20-8-12-5-13(9-20)7-19(6-12,10-20)16(28)25-14-1-3-15(4-2-14)29-18(22)23/h1-4,11-13,18H,5-10H2,(H,25,28)/t12-,13-,19?,20?/m1/s1. The van der Waals surface area contributed by atoms with E-state index in [9.17, 15) is 13.6 Å². The molecular formula is C20H21BrF2N4O2. The first-order valence-corrected chi connectivity index (χ1v) is 10.6. The normalized spacial score (nSPS) is 32.6. The number of halogens is 3. The highest BCUT2D eigenvalue weighted by molar-refractivity contribution is 9.10. The molecule has 1 aromatic carbocycles. The van der Waals surface area contributed by atoms with E-state index in [1.165, 1.54) is 18.6 Å². The third-order valence-electron chi connectivity index (χ3n) is 6.80. The van der Waals surface area contributed by atoms with Crippen molar-refractivity contribution >= 4 is 27.5 Å². The number of carbonyl (C=O) groups is 1. The van der Waals surface area contributed by atoms with Crippen LogP contribution in [0.15, 0.2) is 35.3 Å². The van der Waals surface area contributed by atoms with Crippen LogP contribution in [-0.4, -0.2) is 27.3 Å². The molecule has 0 radical (unpaired) electrons. The zero-order chi connectivity index (χ0) is 20.2. The SMILES string of the molecule is O=C(Nc1ccc(OC(F)F)cc1)C12C[C@H]3C[C@H](C1)CC(n1cnc(Br)n1)(C3)C2. The number of aromatic nitrogens is 3. The van der Waals surface area contributed by atoms with Gasteiger partial charge in [-0.05, 0) is 90.6 Å². The zero-order valence-corrected chi connectivity index (χ0v) is 17.2. The Morgan fingerprint density at radius 3 is 2.48 bits per heavy atom. The van der Waals surface area contributed by atoms with Gasteiger partial charge in [0.2, 0.25) is 10.6 Å². The summed E-state index contributed by atoms with van der Waals surface area (Å²) in [7, 11) is 0. The number of benzene rings is 1. The average molecular weight is 467 g/mol. The second-order valence-corrected chi connectivity index (χ2v) is 9.49. The summed E-state index contributed by atoms with van der Waals surface area (Å²) in [5.74, 6) is 1.10. The maximum atomic E-state index is 13.4. The molecule has 6 rings (SSSR count). The van der Waals surface area contributed by atoms with Crippen molar-refractivity contribution in [3.05, 3.63) is 35.3 Å². The Morgan fingerprint density at radius 2 is 1.90 bits per heavy atom. The molecule has 4 aliphatic carbocycles. The predicted octanol–water partition coefficient (Wildman–Crippen LogP) is 4.58. The molecule has 2 atom stereocenters. The summed E-state index contributed by atoms with van der Waals surface area (Å²) in [6, 6.07) is 6.08. The van der Waals surface area contributed by atoms with Crippen molar-refractivity contribution in [1.82, 2.24) is 14.8 Å². The lowest BCUT2D eigenvalue weighted by molar-refractivity contribution is -0.150. The maximum Gasteiger partial charge on any atom is 0.387 e. The lowest BCUT2D eigenvalue weighted by atomic mass is 9.46. The Balaban J connectivity index is 1.38. The number of alkyl halides is 2. The van der Waals surface area contributed by atoms with Crippen molar-refractivity contribution in [2.75, 3.05) is 5.32 Å².